The first-order valence-electron chi connectivity index (χ1n) is 23.5. The number of benzene rings is 1. The minimum atomic E-state index is -1.67. The number of cyclic esters (lactones) is 1. The number of ether oxygens (including phenoxy) is 1. The fourth-order valence-electron chi connectivity index (χ4n) is 7.36. The second-order valence-corrected chi connectivity index (χ2v) is 17.7. The molecule has 0 spiro atoms. The Morgan fingerprint density at radius 1 is 0.701 bits per heavy atom. The minimum absolute atomic E-state index is 0.0920. The Morgan fingerprint density at radius 2 is 1.24 bits per heavy atom. The molecule has 0 aromatic heterocycles. The van der Waals surface area contributed by atoms with Crippen molar-refractivity contribution in [2.45, 2.75) is 185 Å². The predicted molar refractivity (Wildman–Crippen MR) is 250 cm³/mol. The normalized spacial score (nSPS) is 23.4. The van der Waals surface area contributed by atoms with Gasteiger partial charge in [-0.1, -0.05) is 102 Å². The fraction of sp³-hybridized carbons (Fsp3) is 0.674. The molecule has 0 aliphatic carbocycles. The third kappa shape index (κ3) is 22.5. The lowest BCUT2D eigenvalue weighted by Gasteiger charge is -2.30. The van der Waals surface area contributed by atoms with Gasteiger partial charge in [-0.2, -0.15) is 0 Å². The highest BCUT2D eigenvalue weighted by Crippen LogP contribution is 2.15. The Bertz CT molecular complexity index is 1790. The number of esters is 1. The van der Waals surface area contributed by atoms with Crippen molar-refractivity contribution in [3.8, 4) is 0 Å². The molecule has 376 valence electrons. The van der Waals surface area contributed by atoms with Crippen molar-refractivity contribution >= 4 is 53.3 Å². The van der Waals surface area contributed by atoms with Crippen molar-refractivity contribution < 1.29 is 53.3 Å². The van der Waals surface area contributed by atoms with Crippen molar-refractivity contribution in [3.63, 3.8) is 0 Å². The average molecular weight is 945 g/mol. The lowest BCUT2D eigenvalue weighted by atomic mass is 9.99. The number of unbranched alkanes of at least 4 members (excludes halogenated alkanes) is 9. The summed E-state index contributed by atoms with van der Waals surface area (Å²) in [4.78, 5) is 112. The maximum absolute atomic E-state index is 14.1. The van der Waals surface area contributed by atoms with Crippen LogP contribution in [-0.4, -0.2) is 125 Å². The summed E-state index contributed by atoms with van der Waals surface area (Å²) < 4.78 is 5.59. The van der Waals surface area contributed by atoms with Gasteiger partial charge in [0.15, 0.2) is 5.96 Å². The van der Waals surface area contributed by atoms with Crippen LogP contribution >= 0.6 is 0 Å². The first-order valence-corrected chi connectivity index (χ1v) is 23.5. The highest BCUT2D eigenvalue weighted by atomic mass is 16.5. The summed E-state index contributed by atoms with van der Waals surface area (Å²) in [6.07, 6.45) is 5.20. The fourth-order valence-corrected chi connectivity index (χ4v) is 7.36. The quantitative estimate of drug-likeness (QED) is 0.0292. The van der Waals surface area contributed by atoms with Gasteiger partial charge in [-0.05, 0) is 51.5 Å². The van der Waals surface area contributed by atoms with Gasteiger partial charge in [0.05, 0.1) is 18.6 Å². The summed E-state index contributed by atoms with van der Waals surface area (Å²) in [5.41, 5.74) is 16.6. The van der Waals surface area contributed by atoms with Gasteiger partial charge >= 0.3 is 5.97 Å². The molecule has 1 aliphatic rings. The third-order valence-electron chi connectivity index (χ3n) is 11.3. The molecule has 9 atom stereocenters. The van der Waals surface area contributed by atoms with E-state index in [1.54, 1.807) is 44.2 Å². The second-order valence-electron chi connectivity index (χ2n) is 17.7. The Hall–Kier alpha value is -5.83. The van der Waals surface area contributed by atoms with Crippen molar-refractivity contribution in [1.82, 2.24) is 31.9 Å². The highest BCUT2D eigenvalue weighted by Gasteiger charge is 2.38. The van der Waals surface area contributed by atoms with Gasteiger partial charge in [0.25, 0.3) is 0 Å². The number of rotatable bonds is 23. The molecule has 9 unspecified atom stereocenters. The van der Waals surface area contributed by atoms with Gasteiger partial charge in [-0.15, -0.1) is 0 Å². The van der Waals surface area contributed by atoms with Crippen LogP contribution in [0.5, 0.6) is 0 Å². The molecule has 7 amide bonds. The molecule has 1 fully saturated rings. The van der Waals surface area contributed by atoms with E-state index in [0.29, 0.717) is 24.9 Å². The van der Waals surface area contributed by atoms with E-state index in [1.807, 2.05) is 0 Å². The second kappa shape index (κ2) is 30.5. The zero-order chi connectivity index (χ0) is 50.1. The van der Waals surface area contributed by atoms with E-state index in [0.717, 1.165) is 57.8 Å². The number of aliphatic imine (C=N–C) groups is 1. The van der Waals surface area contributed by atoms with E-state index in [2.05, 4.69) is 36.9 Å². The van der Waals surface area contributed by atoms with Crippen LogP contribution in [0.4, 0.5) is 0 Å². The van der Waals surface area contributed by atoms with E-state index in [4.69, 9.17) is 21.9 Å². The van der Waals surface area contributed by atoms with Gasteiger partial charge in [-0.25, -0.2) is 4.79 Å². The predicted octanol–water partition coefficient (Wildman–Crippen LogP) is -0.279. The van der Waals surface area contributed by atoms with E-state index in [1.165, 1.54) is 20.8 Å². The minimum Gasteiger partial charge on any atom is -0.458 e. The number of nitrogens with zero attached hydrogens (tertiary/aromatic N) is 1. The van der Waals surface area contributed by atoms with Gasteiger partial charge in [0, 0.05) is 19.4 Å². The molecule has 2 rings (SSSR count). The van der Waals surface area contributed by atoms with Crippen LogP contribution in [0.25, 0.3) is 0 Å². The molecule has 1 aromatic rings. The maximum Gasteiger partial charge on any atom is 0.328 e. The monoisotopic (exact) mass is 945 g/mol. The van der Waals surface area contributed by atoms with Gasteiger partial charge in [0.1, 0.15) is 42.4 Å². The van der Waals surface area contributed by atoms with E-state index < -0.39 is 108 Å². The van der Waals surface area contributed by atoms with Crippen LogP contribution in [0.1, 0.15) is 130 Å². The number of nitrogens with two attached hydrogens (primary N) is 3. The summed E-state index contributed by atoms with van der Waals surface area (Å²) >= 11 is 0. The number of hydrogen-bond donors (Lipinski definition) is 11. The SMILES string of the molecule is CC1NC(=O)C(CCC(N)=O)NC(=O)C(C(C)O)NC(=O)C(Cc2ccccc2)NC(=O)C(C(C)C)NC(=O)C(NC(=O)CC(O)CCCCCCCCCCCCN=C(N)N)C(C)OC1=O. The molecule has 1 aromatic carbocycles. The first-order chi connectivity index (χ1) is 31.7. The van der Waals surface area contributed by atoms with Crippen LogP contribution in [0.15, 0.2) is 35.3 Å². The smallest absolute Gasteiger partial charge is 0.328 e. The van der Waals surface area contributed by atoms with Crippen LogP contribution in [0.3, 0.4) is 0 Å². The zero-order valence-electron chi connectivity index (χ0n) is 39.7. The lowest BCUT2D eigenvalue weighted by molar-refractivity contribution is -0.155. The number of aliphatic hydroxyl groups excluding tert-OH is 2. The van der Waals surface area contributed by atoms with Crippen LogP contribution in [0.2, 0.25) is 0 Å². The summed E-state index contributed by atoms with van der Waals surface area (Å²) in [7, 11) is 0. The van der Waals surface area contributed by atoms with Gasteiger partial charge in [-0.3, -0.25) is 38.6 Å². The molecule has 14 N–H and O–H groups in total. The number of primary amides is 1. The molecule has 1 saturated heterocycles. The van der Waals surface area contributed by atoms with E-state index in [-0.39, 0.29) is 31.6 Å². The number of guanidine groups is 1. The van der Waals surface area contributed by atoms with Crippen molar-refractivity contribution in [2.24, 2.45) is 28.1 Å². The van der Waals surface area contributed by atoms with Gasteiger partial charge in [0.2, 0.25) is 41.4 Å². The topological polar surface area (TPSA) is 349 Å². The standard InChI is InChI=1S/C46H76N10O11/c1-27(2)37-42(63)53-34(25-31-19-15-14-16-20-31)41(62)56-38(29(4)57)43(64)52-33(22-23-35(47)59)40(61)51-28(3)45(66)67-30(5)39(44(65)55-37)54-36(60)26-32(58)21-17-12-10-8-6-7-9-11-13-18-24-50-46(48)49/h14-16,19-20,27-30,32-34,37-39,57-58H,6-13,17-18,21-26H2,1-5H3,(H2,47,59)(H,51,61)(H,52,64)(H,53,63)(H,54,60)(H,55,65)(H,56,62)(H4,48,49,50). The number of carbonyl (C=O) groups excluding carboxylic acids is 8. The highest BCUT2D eigenvalue weighted by molar-refractivity contribution is 5.97. The first kappa shape index (κ1) is 57.3. The third-order valence-corrected chi connectivity index (χ3v) is 11.3. The lowest BCUT2D eigenvalue weighted by Crippen LogP contribution is -2.62. The molecular weight excluding hydrogens is 869 g/mol. The molecule has 0 bridgehead atoms. The summed E-state index contributed by atoms with van der Waals surface area (Å²) in [5.74, 6) is -7.71. The Balaban J connectivity index is 2.31. The molecule has 1 heterocycles. The number of amides is 7. The average Bonchev–Trinajstić information content (AvgIpc) is 3.25. The molecule has 21 nitrogen and oxygen atoms in total. The Labute approximate surface area is 393 Å². The molecule has 0 saturated carbocycles. The summed E-state index contributed by atoms with van der Waals surface area (Å²) in [6.45, 7) is 7.71. The summed E-state index contributed by atoms with van der Waals surface area (Å²) in [6, 6.07) is -0.309. The number of hydrogen-bond acceptors (Lipinski definition) is 12. The summed E-state index contributed by atoms with van der Waals surface area (Å²) in [5, 5.41) is 36.5. The molecule has 21 heteroatoms. The molecule has 67 heavy (non-hydrogen) atoms. The van der Waals surface area contributed by atoms with Crippen molar-refractivity contribution in [2.75, 3.05) is 6.54 Å². The Morgan fingerprint density at radius 3 is 1.81 bits per heavy atom. The number of carbonyl (C=O) groups is 8. The number of aliphatic hydroxyl groups is 2. The molecule has 0 radical (unpaired) electrons. The van der Waals surface area contributed by atoms with Crippen LogP contribution in [0, 0.1) is 5.92 Å². The van der Waals surface area contributed by atoms with Crippen molar-refractivity contribution in [3.05, 3.63) is 35.9 Å². The van der Waals surface area contributed by atoms with Crippen molar-refractivity contribution in [1.29, 1.82) is 0 Å². The van der Waals surface area contributed by atoms with E-state index >= 15 is 0 Å². The van der Waals surface area contributed by atoms with E-state index in [9.17, 15) is 48.6 Å². The maximum atomic E-state index is 14.1. The largest absolute Gasteiger partial charge is 0.458 e. The molecule has 1 aliphatic heterocycles. The molecular formula is C46H76N10O11. The van der Waals surface area contributed by atoms with Crippen LogP contribution in [-0.2, 0) is 49.5 Å². The van der Waals surface area contributed by atoms with Gasteiger partial charge < -0.3 is 64.1 Å². The van der Waals surface area contributed by atoms with Crippen LogP contribution < -0.4 is 49.1 Å². The number of nitrogens with one attached hydrogen (secondary N) is 6. The zero-order valence-corrected chi connectivity index (χ0v) is 39.7. The Kier molecular flexibility index (Phi) is 26.0.